The van der Waals surface area contributed by atoms with Gasteiger partial charge in [-0.3, -0.25) is 9.59 Å². The second-order valence-electron chi connectivity index (χ2n) is 4.66. The van der Waals surface area contributed by atoms with Crippen LogP contribution in [0.25, 0.3) is 0 Å². The van der Waals surface area contributed by atoms with E-state index in [1.807, 2.05) is 6.92 Å². The molecule has 2 unspecified atom stereocenters. The van der Waals surface area contributed by atoms with E-state index in [1.54, 1.807) is 0 Å². The molecule has 0 aromatic carbocycles. The number of carbonyl (C=O) groups is 3. The van der Waals surface area contributed by atoms with Crippen molar-refractivity contribution in [3.8, 4) is 0 Å². The Morgan fingerprint density at radius 1 is 1.47 bits per heavy atom. The largest absolute Gasteiger partial charge is 0.480 e. The molecule has 1 rings (SSSR count). The van der Waals surface area contributed by atoms with Crippen LogP contribution >= 0.6 is 11.8 Å². The van der Waals surface area contributed by atoms with Gasteiger partial charge >= 0.3 is 11.9 Å². The van der Waals surface area contributed by atoms with E-state index in [4.69, 9.17) is 5.11 Å². The van der Waals surface area contributed by atoms with E-state index >= 15 is 0 Å². The number of rotatable bonds is 6. The fraction of sp³-hybridized carbons (Fsp3) is 0.750. The van der Waals surface area contributed by atoms with Crippen LogP contribution in [-0.2, 0) is 19.1 Å². The van der Waals surface area contributed by atoms with Crippen molar-refractivity contribution in [2.24, 2.45) is 0 Å². The molecule has 1 aliphatic rings. The molecule has 19 heavy (non-hydrogen) atoms. The number of carboxylic acids is 1. The van der Waals surface area contributed by atoms with Gasteiger partial charge in [0.2, 0.25) is 5.91 Å². The first-order chi connectivity index (χ1) is 8.89. The molecule has 2 atom stereocenters. The number of esters is 1. The number of carbonyl (C=O) groups excluding carboxylic acids is 2. The molecule has 0 aliphatic carbocycles. The van der Waals surface area contributed by atoms with Gasteiger partial charge in [0.25, 0.3) is 0 Å². The number of nitrogens with one attached hydrogen (secondary N) is 1. The maximum Gasteiger partial charge on any atom is 0.326 e. The minimum atomic E-state index is -1.14. The van der Waals surface area contributed by atoms with Crippen molar-refractivity contribution in [3.05, 3.63) is 0 Å². The summed E-state index contributed by atoms with van der Waals surface area (Å²) in [7, 11) is 1.24. The zero-order chi connectivity index (χ0) is 14.5. The normalized spacial score (nSPS) is 23.7. The molecule has 2 N–H and O–H groups in total. The van der Waals surface area contributed by atoms with Gasteiger partial charge in [-0.1, -0.05) is 0 Å². The number of amides is 1. The average Bonchev–Trinajstić information content (AvgIpc) is 2.81. The van der Waals surface area contributed by atoms with Crippen molar-refractivity contribution in [1.82, 2.24) is 5.32 Å². The second kappa shape index (κ2) is 6.79. The highest BCUT2D eigenvalue weighted by Gasteiger charge is 2.38. The van der Waals surface area contributed by atoms with E-state index in [1.165, 1.54) is 18.9 Å². The van der Waals surface area contributed by atoms with Crippen molar-refractivity contribution >= 4 is 29.6 Å². The van der Waals surface area contributed by atoms with Crippen LogP contribution in [0.4, 0.5) is 0 Å². The molecule has 1 heterocycles. The summed E-state index contributed by atoms with van der Waals surface area (Å²) >= 11 is 1.54. The van der Waals surface area contributed by atoms with E-state index in [0.29, 0.717) is 0 Å². The van der Waals surface area contributed by atoms with Crippen molar-refractivity contribution < 1.29 is 24.2 Å². The summed E-state index contributed by atoms with van der Waals surface area (Å²) in [6.07, 6.45) is 1.70. The average molecular weight is 289 g/mol. The van der Waals surface area contributed by atoms with E-state index in [-0.39, 0.29) is 18.7 Å². The van der Waals surface area contributed by atoms with Crippen LogP contribution in [0, 0.1) is 0 Å². The number of hydrogen-bond donors (Lipinski definition) is 2. The number of aliphatic carboxylic acids is 1. The number of carboxylic acid groups (broad SMARTS) is 1. The molecule has 0 bridgehead atoms. The molecule has 6 nitrogen and oxygen atoms in total. The van der Waals surface area contributed by atoms with Gasteiger partial charge in [0.15, 0.2) is 0 Å². The Labute approximate surface area is 116 Å². The lowest BCUT2D eigenvalue weighted by Gasteiger charge is -2.24. The maximum atomic E-state index is 12.1. The topological polar surface area (TPSA) is 92.7 Å². The van der Waals surface area contributed by atoms with Crippen LogP contribution in [0.15, 0.2) is 0 Å². The fourth-order valence-corrected chi connectivity index (χ4v) is 3.11. The predicted molar refractivity (Wildman–Crippen MR) is 70.9 cm³/mol. The van der Waals surface area contributed by atoms with Crippen LogP contribution < -0.4 is 5.32 Å². The minimum Gasteiger partial charge on any atom is -0.480 e. The molecular weight excluding hydrogens is 270 g/mol. The summed E-state index contributed by atoms with van der Waals surface area (Å²) in [5, 5.41) is 11.6. The number of hydrogen-bond acceptors (Lipinski definition) is 5. The van der Waals surface area contributed by atoms with E-state index in [2.05, 4.69) is 10.1 Å². The molecular formula is C12H19NO5S. The van der Waals surface area contributed by atoms with Gasteiger partial charge in [0.05, 0.1) is 11.9 Å². The lowest BCUT2D eigenvalue weighted by atomic mass is 10.0. The van der Waals surface area contributed by atoms with Crippen LogP contribution in [0.3, 0.4) is 0 Å². The SMILES string of the molecule is COC(=O)CCC(NC(=O)C1(C)CCCS1)C(=O)O. The first-order valence-corrected chi connectivity index (χ1v) is 7.12. The highest BCUT2D eigenvalue weighted by molar-refractivity contribution is 8.01. The monoisotopic (exact) mass is 289 g/mol. The van der Waals surface area contributed by atoms with Crippen molar-refractivity contribution in [2.75, 3.05) is 12.9 Å². The molecule has 1 fully saturated rings. The Morgan fingerprint density at radius 2 is 2.16 bits per heavy atom. The fourth-order valence-electron chi connectivity index (χ4n) is 1.89. The third kappa shape index (κ3) is 4.41. The Balaban J connectivity index is 2.55. The molecule has 1 aliphatic heterocycles. The molecule has 0 aromatic heterocycles. The highest BCUT2D eigenvalue weighted by Crippen LogP contribution is 2.37. The van der Waals surface area contributed by atoms with Gasteiger partial charge in [-0.2, -0.15) is 0 Å². The Bertz CT molecular complexity index is 365. The van der Waals surface area contributed by atoms with Gasteiger partial charge in [-0.25, -0.2) is 4.79 Å². The molecule has 0 saturated carbocycles. The number of thioether (sulfide) groups is 1. The third-order valence-electron chi connectivity index (χ3n) is 3.17. The lowest BCUT2D eigenvalue weighted by molar-refractivity contribution is -0.144. The summed E-state index contributed by atoms with van der Waals surface area (Å²) in [6, 6.07) is -1.05. The second-order valence-corrected chi connectivity index (χ2v) is 6.26. The summed E-state index contributed by atoms with van der Waals surface area (Å²) in [5.74, 6) is -0.984. The van der Waals surface area contributed by atoms with Gasteiger partial charge in [0, 0.05) is 6.42 Å². The molecule has 1 amide bonds. The zero-order valence-corrected chi connectivity index (χ0v) is 11.9. The van der Waals surface area contributed by atoms with Gasteiger partial charge in [0.1, 0.15) is 6.04 Å². The van der Waals surface area contributed by atoms with Crippen molar-refractivity contribution in [1.29, 1.82) is 0 Å². The molecule has 1 saturated heterocycles. The van der Waals surface area contributed by atoms with Crippen LogP contribution in [0.5, 0.6) is 0 Å². The first kappa shape index (κ1) is 15.8. The van der Waals surface area contributed by atoms with Gasteiger partial charge < -0.3 is 15.2 Å². The predicted octanol–water partition coefficient (Wildman–Crippen LogP) is 0.795. The summed E-state index contributed by atoms with van der Waals surface area (Å²) in [6.45, 7) is 1.82. The summed E-state index contributed by atoms with van der Waals surface area (Å²) in [4.78, 5) is 34.2. The quantitative estimate of drug-likeness (QED) is 0.702. The third-order valence-corrected chi connectivity index (χ3v) is 4.69. The highest BCUT2D eigenvalue weighted by atomic mass is 32.2. The number of ether oxygens (including phenoxy) is 1. The van der Waals surface area contributed by atoms with Gasteiger partial charge in [-0.15, -0.1) is 11.8 Å². The van der Waals surface area contributed by atoms with E-state index < -0.39 is 22.7 Å². The molecule has 0 radical (unpaired) electrons. The maximum absolute atomic E-state index is 12.1. The Kier molecular flexibility index (Phi) is 5.65. The number of methoxy groups -OCH3 is 1. The van der Waals surface area contributed by atoms with E-state index in [0.717, 1.165) is 18.6 Å². The molecule has 7 heteroatoms. The first-order valence-electron chi connectivity index (χ1n) is 6.13. The van der Waals surface area contributed by atoms with Crippen LogP contribution in [-0.4, -0.2) is 46.6 Å². The molecule has 0 aromatic rings. The zero-order valence-electron chi connectivity index (χ0n) is 11.1. The Morgan fingerprint density at radius 3 is 2.63 bits per heavy atom. The minimum absolute atomic E-state index is 0.0302. The summed E-state index contributed by atoms with van der Waals surface area (Å²) < 4.78 is 3.90. The van der Waals surface area contributed by atoms with Crippen molar-refractivity contribution in [3.63, 3.8) is 0 Å². The summed E-state index contributed by atoms with van der Waals surface area (Å²) in [5.41, 5.74) is 0. The Hall–Kier alpha value is -1.24. The van der Waals surface area contributed by atoms with Gasteiger partial charge in [-0.05, 0) is 31.9 Å². The molecule has 108 valence electrons. The van der Waals surface area contributed by atoms with Crippen LogP contribution in [0.2, 0.25) is 0 Å². The smallest absolute Gasteiger partial charge is 0.326 e. The lowest BCUT2D eigenvalue weighted by Crippen LogP contribution is -2.48. The van der Waals surface area contributed by atoms with E-state index in [9.17, 15) is 14.4 Å². The molecule has 0 spiro atoms. The standard InChI is InChI=1S/C12H19NO5S/c1-12(6-3-7-19-12)11(17)13-8(10(15)16)4-5-9(14)18-2/h8H,3-7H2,1-2H3,(H,13,17)(H,15,16). The van der Waals surface area contributed by atoms with Crippen molar-refractivity contribution in [2.45, 2.75) is 43.4 Å². The van der Waals surface area contributed by atoms with Crippen LogP contribution in [0.1, 0.15) is 32.6 Å².